The number of para-hydroxylation sites is 1. The molecule has 0 bridgehead atoms. The van der Waals surface area contributed by atoms with Crippen molar-refractivity contribution in [1.82, 2.24) is 24.7 Å². The summed E-state index contributed by atoms with van der Waals surface area (Å²) in [5, 5.41) is 15.7. The van der Waals surface area contributed by atoms with Gasteiger partial charge in [0.05, 0.1) is 17.1 Å². The van der Waals surface area contributed by atoms with Crippen LogP contribution in [0, 0.1) is 12.7 Å². The Bertz CT molecular complexity index is 1210. The van der Waals surface area contributed by atoms with Crippen LogP contribution in [0.5, 0.6) is 5.75 Å². The molecule has 0 aliphatic carbocycles. The Morgan fingerprint density at radius 2 is 1.91 bits per heavy atom. The lowest BCUT2D eigenvalue weighted by atomic mass is 10.3. The second kappa shape index (κ2) is 9.52. The van der Waals surface area contributed by atoms with Gasteiger partial charge in [-0.2, -0.15) is 5.10 Å². The lowest BCUT2D eigenvalue weighted by molar-refractivity contribution is -0.113. The minimum atomic E-state index is -0.349. The van der Waals surface area contributed by atoms with Gasteiger partial charge in [-0.3, -0.25) is 4.79 Å². The minimum absolute atomic E-state index is 0.0530. The molecule has 0 unspecified atom stereocenters. The number of carbonyl (C=O) groups is 1. The highest BCUT2D eigenvalue weighted by molar-refractivity contribution is 7.99. The summed E-state index contributed by atoms with van der Waals surface area (Å²) in [7, 11) is 0. The van der Waals surface area contributed by atoms with Gasteiger partial charge in [-0.25, -0.2) is 13.7 Å². The highest BCUT2D eigenvalue weighted by Gasteiger charge is 2.15. The number of thioether (sulfide) groups is 1. The van der Waals surface area contributed by atoms with Gasteiger partial charge in [-0.15, -0.1) is 10.2 Å². The molecule has 164 valence electrons. The molecule has 1 amide bonds. The molecule has 3 N–H and O–H groups in total. The fourth-order valence-corrected chi connectivity index (χ4v) is 3.52. The largest absolute Gasteiger partial charge is 0.486 e. The van der Waals surface area contributed by atoms with E-state index in [-0.39, 0.29) is 24.1 Å². The Morgan fingerprint density at radius 1 is 1.16 bits per heavy atom. The first-order valence-corrected chi connectivity index (χ1v) is 10.6. The number of aromatic nitrogens is 5. The van der Waals surface area contributed by atoms with Gasteiger partial charge >= 0.3 is 0 Å². The maximum absolute atomic E-state index is 13.0. The summed E-state index contributed by atoms with van der Waals surface area (Å²) in [5.41, 5.74) is 1.63. The number of hydrogen-bond acceptors (Lipinski definition) is 7. The minimum Gasteiger partial charge on any atom is -0.486 e. The molecule has 2 aromatic heterocycles. The summed E-state index contributed by atoms with van der Waals surface area (Å²) in [6.07, 6.45) is 0. The van der Waals surface area contributed by atoms with Crippen LogP contribution in [0.1, 0.15) is 11.5 Å². The zero-order valence-electron chi connectivity index (χ0n) is 17.1. The van der Waals surface area contributed by atoms with Gasteiger partial charge in [0.1, 0.15) is 24.0 Å². The van der Waals surface area contributed by atoms with Crippen molar-refractivity contribution in [3.05, 3.63) is 78.0 Å². The molecule has 0 aliphatic heterocycles. The van der Waals surface area contributed by atoms with Crippen molar-refractivity contribution in [2.45, 2.75) is 18.7 Å². The smallest absolute Gasteiger partial charge is 0.236 e. The average Bonchev–Trinajstić information content (AvgIpc) is 3.34. The third-order valence-corrected chi connectivity index (χ3v) is 5.29. The number of halogens is 1. The zero-order chi connectivity index (χ0) is 22.5. The topological polar surface area (TPSA) is 113 Å². The Balaban J connectivity index is 1.34. The van der Waals surface area contributed by atoms with Crippen molar-refractivity contribution in [3.8, 4) is 11.4 Å². The van der Waals surface area contributed by atoms with E-state index in [9.17, 15) is 9.18 Å². The van der Waals surface area contributed by atoms with Crippen LogP contribution in [0.15, 0.2) is 65.8 Å². The number of anilines is 1. The number of rotatable bonds is 8. The standard InChI is InChI=1S/C21H20FN7O2S/c1-14-11-18(29(27-14)16-5-3-2-4-6-16)24-20(30)13-32-21-26-25-19(28(21)23)12-31-17-9-7-15(22)8-10-17/h2-11H,12-13,23H2,1H3,(H,24,30). The van der Waals surface area contributed by atoms with E-state index in [0.717, 1.165) is 23.1 Å². The van der Waals surface area contributed by atoms with E-state index in [1.807, 2.05) is 37.3 Å². The fourth-order valence-electron chi connectivity index (χ4n) is 2.85. The second-order valence-corrected chi connectivity index (χ2v) is 7.71. The first kappa shape index (κ1) is 21.4. The lowest BCUT2D eigenvalue weighted by Gasteiger charge is -2.09. The highest BCUT2D eigenvalue weighted by atomic mass is 32.2. The second-order valence-electron chi connectivity index (χ2n) is 6.77. The van der Waals surface area contributed by atoms with Crippen molar-refractivity contribution in [3.63, 3.8) is 0 Å². The van der Waals surface area contributed by atoms with Gasteiger partial charge in [-0.1, -0.05) is 30.0 Å². The molecular weight excluding hydrogens is 433 g/mol. The predicted molar refractivity (Wildman–Crippen MR) is 119 cm³/mol. The SMILES string of the molecule is Cc1cc(NC(=O)CSc2nnc(COc3ccc(F)cc3)n2N)n(-c2ccccc2)n1. The molecule has 4 aromatic rings. The summed E-state index contributed by atoms with van der Waals surface area (Å²) in [6.45, 7) is 1.91. The van der Waals surface area contributed by atoms with E-state index in [2.05, 4.69) is 20.6 Å². The first-order chi connectivity index (χ1) is 15.5. The van der Waals surface area contributed by atoms with Gasteiger partial charge in [0.25, 0.3) is 0 Å². The van der Waals surface area contributed by atoms with Crippen molar-refractivity contribution in [1.29, 1.82) is 0 Å². The van der Waals surface area contributed by atoms with Crippen LogP contribution in [-0.2, 0) is 11.4 Å². The Kier molecular flexibility index (Phi) is 6.36. The van der Waals surface area contributed by atoms with Gasteiger partial charge in [-0.05, 0) is 43.3 Å². The van der Waals surface area contributed by atoms with Crippen LogP contribution in [-0.4, -0.2) is 36.3 Å². The molecule has 0 spiro atoms. The molecule has 0 saturated carbocycles. The molecule has 4 rings (SSSR count). The molecule has 32 heavy (non-hydrogen) atoms. The first-order valence-electron chi connectivity index (χ1n) is 9.62. The normalized spacial score (nSPS) is 10.8. The Morgan fingerprint density at radius 3 is 2.66 bits per heavy atom. The lowest BCUT2D eigenvalue weighted by Crippen LogP contribution is -2.19. The van der Waals surface area contributed by atoms with Crippen molar-refractivity contribution >= 4 is 23.5 Å². The quantitative estimate of drug-likeness (QED) is 0.312. The fraction of sp³-hybridized carbons (Fsp3) is 0.143. The van der Waals surface area contributed by atoms with E-state index in [1.54, 1.807) is 10.7 Å². The number of aryl methyl sites for hydroxylation is 1. The molecular formula is C21H20FN7O2S. The Labute approximate surface area is 187 Å². The molecule has 2 aromatic carbocycles. The van der Waals surface area contributed by atoms with Crippen molar-refractivity contribution in [2.75, 3.05) is 16.9 Å². The predicted octanol–water partition coefficient (Wildman–Crippen LogP) is 2.93. The van der Waals surface area contributed by atoms with E-state index >= 15 is 0 Å². The molecule has 2 heterocycles. The van der Waals surface area contributed by atoms with Gasteiger partial charge in [0, 0.05) is 6.07 Å². The van der Waals surface area contributed by atoms with Crippen LogP contribution < -0.4 is 15.9 Å². The van der Waals surface area contributed by atoms with Crippen LogP contribution in [0.25, 0.3) is 5.69 Å². The highest BCUT2D eigenvalue weighted by Crippen LogP contribution is 2.20. The van der Waals surface area contributed by atoms with Crippen LogP contribution in [0.2, 0.25) is 0 Å². The molecule has 0 saturated heterocycles. The summed E-state index contributed by atoms with van der Waals surface area (Å²) in [4.78, 5) is 12.5. The van der Waals surface area contributed by atoms with Crippen molar-refractivity contribution < 1.29 is 13.9 Å². The maximum Gasteiger partial charge on any atom is 0.236 e. The number of carbonyl (C=O) groups excluding carboxylic acids is 1. The summed E-state index contributed by atoms with van der Waals surface area (Å²) < 4.78 is 21.4. The number of ether oxygens (including phenoxy) is 1. The van der Waals surface area contributed by atoms with E-state index in [1.165, 1.54) is 28.9 Å². The van der Waals surface area contributed by atoms with Crippen LogP contribution in [0.3, 0.4) is 0 Å². The number of hydrogen-bond donors (Lipinski definition) is 2. The zero-order valence-corrected chi connectivity index (χ0v) is 17.9. The summed E-state index contributed by atoms with van der Waals surface area (Å²) in [5.74, 6) is 6.93. The number of benzene rings is 2. The molecule has 0 atom stereocenters. The van der Waals surface area contributed by atoms with E-state index in [4.69, 9.17) is 10.6 Å². The molecule has 9 nitrogen and oxygen atoms in total. The van der Waals surface area contributed by atoms with Gasteiger partial charge < -0.3 is 15.9 Å². The average molecular weight is 454 g/mol. The third kappa shape index (κ3) is 5.06. The monoisotopic (exact) mass is 453 g/mol. The number of nitrogen functional groups attached to an aromatic ring is 1. The number of nitrogens with one attached hydrogen (secondary N) is 1. The molecule has 0 fully saturated rings. The maximum atomic E-state index is 13.0. The van der Waals surface area contributed by atoms with E-state index < -0.39 is 0 Å². The van der Waals surface area contributed by atoms with Crippen molar-refractivity contribution in [2.24, 2.45) is 0 Å². The number of amides is 1. The van der Waals surface area contributed by atoms with Gasteiger partial charge in [0.15, 0.2) is 5.82 Å². The molecule has 0 radical (unpaired) electrons. The summed E-state index contributed by atoms with van der Waals surface area (Å²) >= 11 is 1.14. The van der Waals surface area contributed by atoms with Crippen LogP contribution in [0.4, 0.5) is 10.2 Å². The van der Waals surface area contributed by atoms with Crippen LogP contribution >= 0.6 is 11.8 Å². The third-order valence-electron chi connectivity index (χ3n) is 4.35. The summed E-state index contributed by atoms with van der Waals surface area (Å²) in [6, 6.07) is 16.9. The molecule has 0 aliphatic rings. The van der Waals surface area contributed by atoms with Gasteiger partial charge in [0.2, 0.25) is 11.1 Å². The number of nitrogens with zero attached hydrogens (tertiary/aromatic N) is 5. The number of nitrogens with two attached hydrogens (primary N) is 1. The Hall–Kier alpha value is -3.86. The van der Waals surface area contributed by atoms with E-state index in [0.29, 0.717) is 22.5 Å². The molecule has 11 heteroatoms.